The third-order valence-corrected chi connectivity index (χ3v) is 18.3. The summed E-state index contributed by atoms with van der Waals surface area (Å²) in [4.78, 5) is 79.5. The number of carbonyl (C=O) groups excluding carboxylic acids is 5. The van der Waals surface area contributed by atoms with E-state index in [4.69, 9.17) is 49.4 Å². The van der Waals surface area contributed by atoms with Crippen molar-refractivity contribution in [3.8, 4) is 33.8 Å². The number of fused-ring (bicyclic) bond motifs is 3. The summed E-state index contributed by atoms with van der Waals surface area (Å²) in [5.41, 5.74) is 12.2. The number of benzene rings is 9. The normalized spacial score (nSPS) is 12.9. The fourth-order valence-electron chi connectivity index (χ4n) is 11.7. The Morgan fingerprint density at radius 2 is 0.742 bits per heavy atom. The summed E-state index contributed by atoms with van der Waals surface area (Å²) in [6.07, 6.45) is -0.710. The largest absolute Gasteiger partial charge is 0.478 e. The number of carboxylic acid groups (broad SMARTS) is 1. The fourth-order valence-corrected chi connectivity index (χ4v) is 12.9. The van der Waals surface area contributed by atoms with Crippen molar-refractivity contribution in [1.29, 1.82) is 0 Å². The van der Waals surface area contributed by atoms with Crippen molar-refractivity contribution >= 4 is 130 Å². The lowest BCUT2D eigenvalue weighted by atomic mass is 10.0. The number of ether oxygens (including phenoxy) is 2. The number of nitrogens with zero attached hydrogens (tertiary/aromatic N) is 8. The van der Waals surface area contributed by atoms with Gasteiger partial charge in [-0.05, 0) is 147 Å². The van der Waals surface area contributed by atoms with Gasteiger partial charge in [-0.1, -0.05) is 124 Å². The van der Waals surface area contributed by atoms with E-state index in [2.05, 4.69) is 26.1 Å². The van der Waals surface area contributed by atoms with Crippen LogP contribution in [0.3, 0.4) is 0 Å². The van der Waals surface area contributed by atoms with Gasteiger partial charge in [-0.15, -0.1) is 0 Å². The second-order valence-electron chi connectivity index (χ2n) is 23.2. The van der Waals surface area contributed by atoms with Crippen molar-refractivity contribution < 1.29 is 53.6 Å². The van der Waals surface area contributed by atoms with Crippen LogP contribution in [0.25, 0.3) is 66.5 Å². The summed E-state index contributed by atoms with van der Waals surface area (Å²) >= 11 is 22.6. The quantitative estimate of drug-likeness (QED) is 0.102. The van der Waals surface area contributed by atoms with E-state index in [0.29, 0.717) is 108 Å². The molecular weight excluding hydrogens is 1360 g/mol. The molecule has 0 aliphatic carbocycles. The fraction of sp³-hybridized carbons (Fsp3) is 0.149. The average molecular weight is 1420 g/mol. The predicted octanol–water partition coefficient (Wildman–Crippen LogP) is 14.5. The second-order valence-corrected chi connectivity index (χ2v) is 25.3. The van der Waals surface area contributed by atoms with Crippen molar-refractivity contribution in [1.82, 2.24) is 29.3 Å². The first-order chi connectivity index (χ1) is 46.6. The van der Waals surface area contributed by atoms with Crippen molar-refractivity contribution in [3.05, 3.63) is 252 Å². The van der Waals surface area contributed by atoms with Crippen molar-refractivity contribution in [2.75, 3.05) is 50.2 Å². The molecule has 0 atom stereocenters. The molecule has 2 fully saturated rings. The molecule has 488 valence electrons. The Bertz CT molecular complexity index is 5080. The Morgan fingerprint density at radius 3 is 1.04 bits per heavy atom. The van der Waals surface area contributed by atoms with Crippen LogP contribution in [0.15, 0.2) is 186 Å². The summed E-state index contributed by atoms with van der Waals surface area (Å²) in [6.45, 7) is 7.64. The van der Waals surface area contributed by atoms with Crippen LogP contribution in [0.4, 0.5) is 11.4 Å². The molecular formula is C74H58BrCl3N8O11. The molecule has 0 amide bonds. The highest BCUT2D eigenvalue weighted by Crippen LogP contribution is 2.38. The van der Waals surface area contributed by atoms with Crippen LogP contribution in [-0.2, 0) is 9.47 Å². The minimum Gasteiger partial charge on any atom is -0.478 e. The highest BCUT2D eigenvalue weighted by atomic mass is 79.9. The van der Waals surface area contributed by atoms with Gasteiger partial charge >= 0.3 is 17.9 Å². The lowest BCUT2D eigenvalue weighted by Crippen LogP contribution is -2.50. The number of halogens is 4. The number of esters is 2. The van der Waals surface area contributed by atoms with E-state index in [0.717, 1.165) is 59.8 Å². The first-order valence-electron chi connectivity index (χ1n) is 30.3. The smallest absolute Gasteiger partial charge is 0.337 e. The summed E-state index contributed by atoms with van der Waals surface area (Å²) in [5.74, 6) is -2.83. The number of aryl methyl sites for hydroxylation is 3. The summed E-state index contributed by atoms with van der Waals surface area (Å²) in [6, 6.07) is 53.3. The average Bonchev–Trinajstić information content (AvgIpc) is 1.65. The van der Waals surface area contributed by atoms with E-state index < -0.39 is 17.9 Å². The highest BCUT2D eigenvalue weighted by Gasteiger charge is 2.30. The third-order valence-electron chi connectivity index (χ3n) is 16.9. The molecule has 0 spiro atoms. The molecule has 14 rings (SSSR count). The third kappa shape index (κ3) is 13.3. The van der Waals surface area contributed by atoms with Gasteiger partial charge in [0.25, 0.3) is 17.7 Å². The number of aliphatic hydroxyl groups is 2. The van der Waals surface area contributed by atoms with Gasteiger partial charge in [0.15, 0.2) is 0 Å². The molecule has 12 aromatic rings. The van der Waals surface area contributed by atoms with Gasteiger partial charge in [0.1, 0.15) is 17.1 Å². The number of methoxy groups -OCH3 is 2. The molecule has 23 heteroatoms. The van der Waals surface area contributed by atoms with Crippen molar-refractivity contribution in [2.24, 2.45) is 0 Å². The topological polar surface area (TPSA) is 242 Å². The molecule has 5 heterocycles. The van der Waals surface area contributed by atoms with Crippen LogP contribution in [0.1, 0.15) is 78.8 Å². The lowest BCUT2D eigenvalue weighted by Gasteiger charge is -2.37. The van der Waals surface area contributed by atoms with Gasteiger partial charge in [-0.3, -0.25) is 14.4 Å². The standard InChI is InChI=1S/C26H22ClN3O4.C25H20ClN3O4.C23H16BrClN2O3/c1-15-4-3-5-21(27)23(15)25(32)30-22-12-18(29-13-19(31)14-29)10-11-20(22)24(28-30)16-6-8-17(9-7-16)26(33)34-2;1-14-3-2-4-20(26)22(14)24(31)29-21-11-17(28-12-18(30)13-28)9-10-19(21)23(27-29)15-5-7-16(8-6-15)25(32)33;1-13-4-3-5-18(25)20(13)22(28)27-19-12-16(24)10-11-17(19)21(26-27)14-6-8-15(9-7-14)23(29)30-2/h3-12,19,31H,13-14H2,1-2H3;2-11,18,30H,12-13H2,1H3,(H,32,33);3-12H,1-2H3. The molecule has 3 N–H and O–H groups in total. The lowest BCUT2D eigenvalue weighted by molar-refractivity contribution is 0.0592. The number of hydrogen-bond acceptors (Lipinski definition) is 15. The highest BCUT2D eigenvalue weighted by molar-refractivity contribution is 9.10. The number of rotatable bonds is 11. The molecule has 3 aromatic heterocycles. The first kappa shape index (κ1) is 66.7. The van der Waals surface area contributed by atoms with E-state index in [1.807, 2.05) is 103 Å². The Labute approximate surface area is 578 Å². The second kappa shape index (κ2) is 27.8. The number of aliphatic hydroxyl groups excluding tert-OH is 2. The molecule has 0 saturated carbocycles. The van der Waals surface area contributed by atoms with E-state index >= 15 is 0 Å². The van der Waals surface area contributed by atoms with Crippen LogP contribution in [0.5, 0.6) is 0 Å². The van der Waals surface area contributed by atoms with Crippen molar-refractivity contribution in [2.45, 2.75) is 33.0 Å². The van der Waals surface area contributed by atoms with Gasteiger partial charge in [0.05, 0.1) is 91.4 Å². The van der Waals surface area contributed by atoms with E-state index in [9.17, 15) is 44.1 Å². The Kier molecular flexibility index (Phi) is 19.1. The summed E-state index contributed by atoms with van der Waals surface area (Å²) in [5, 5.41) is 46.0. The number of aromatic carboxylic acids is 1. The molecule has 0 radical (unpaired) electrons. The molecule has 0 bridgehead atoms. The maximum atomic E-state index is 13.6. The predicted molar refractivity (Wildman–Crippen MR) is 377 cm³/mol. The number of carboxylic acids is 1. The van der Waals surface area contributed by atoms with Crippen LogP contribution >= 0.6 is 50.7 Å². The summed E-state index contributed by atoms with van der Waals surface area (Å²) in [7, 11) is 2.67. The van der Waals surface area contributed by atoms with E-state index in [1.165, 1.54) is 40.4 Å². The molecule has 0 unspecified atom stereocenters. The van der Waals surface area contributed by atoms with E-state index in [-0.39, 0.29) is 35.5 Å². The van der Waals surface area contributed by atoms with Gasteiger partial charge < -0.3 is 34.6 Å². The molecule has 9 aromatic carbocycles. The first-order valence-corrected chi connectivity index (χ1v) is 32.2. The van der Waals surface area contributed by atoms with Crippen LogP contribution < -0.4 is 9.80 Å². The number of aromatic nitrogens is 6. The Balaban J connectivity index is 0.000000139. The maximum Gasteiger partial charge on any atom is 0.337 e. The molecule has 19 nitrogen and oxygen atoms in total. The SMILES string of the molecule is COC(=O)c1ccc(-c2nn(C(=O)c3c(C)cccc3Cl)c3cc(Br)ccc23)cc1.COC(=O)c1ccc(-c2nn(C(=O)c3c(C)cccc3Cl)c3cc(N4CC(O)C4)ccc23)cc1.Cc1cccc(Cl)c1C(=O)n1nc(-c2ccc(C(=O)O)cc2)c2ccc(N3CC(O)C3)cc21. The van der Waals surface area contributed by atoms with E-state index in [1.54, 1.807) is 97.1 Å². The monoisotopic (exact) mass is 1420 g/mol. The van der Waals surface area contributed by atoms with Crippen LogP contribution in [0.2, 0.25) is 15.1 Å². The zero-order valence-corrected chi connectivity index (χ0v) is 56.4. The number of carbonyl (C=O) groups is 6. The van der Waals surface area contributed by atoms with Gasteiger partial charge in [0.2, 0.25) is 0 Å². The van der Waals surface area contributed by atoms with Gasteiger partial charge in [0, 0.05) is 74.9 Å². The zero-order chi connectivity index (χ0) is 68.7. The molecule has 2 aliphatic heterocycles. The maximum absolute atomic E-state index is 13.6. The van der Waals surface area contributed by atoms with Crippen molar-refractivity contribution in [3.63, 3.8) is 0 Å². The molecule has 2 aliphatic rings. The molecule has 97 heavy (non-hydrogen) atoms. The molecule has 2 saturated heterocycles. The Hall–Kier alpha value is -10.3. The number of β-amino-alcohol motifs (C(OH)–C–C–N with tert-alkyl or cyclic N) is 2. The number of hydrogen-bond donors (Lipinski definition) is 3. The van der Waals surface area contributed by atoms with Gasteiger partial charge in [-0.25, -0.2) is 14.4 Å². The zero-order valence-electron chi connectivity index (χ0n) is 52.5. The van der Waals surface area contributed by atoms with Crippen LogP contribution in [-0.4, -0.2) is 133 Å². The minimum atomic E-state index is -1.01. The Morgan fingerprint density at radius 1 is 0.433 bits per heavy atom. The van der Waals surface area contributed by atoms with Gasteiger partial charge in [-0.2, -0.15) is 29.3 Å². The summed E-state index contributed by atoms with van der Waals surface area (Å²) < 4.78 is 14.5. The van der Waals surface area contributed by atoms with Crippen LogP contribution in [0, 0.1) is 20.8 Å². The minimum absolute atomic E-state index is 0.170. The number of anilines is 2.